The van der Waals surface area contributed by atoms with Gasteiger partial charge in [0, 0.05) is 36.3 Å². The van der Waals surface area contributed by atoms with Crippen molar-refractivity contribution in [3.8, 4) is 0 Å². The molecule has 3 aliphatic rings. The number of rotatable bonds is 6. The van der Waals surface area contributed by atoms with Crippen LogP contribution in [0.2, 0.25) is 0 Å². The molecule has 5 rings (SSSR count). The van der Waals surface area contributed by atoms with Crippen molar-refractivity contribution in [3.05, 3.63) is 72.1 Å². The normalized spacial score (nSPS) is 25.7. The van der Waals surface area contributed by atoms with Crippen LogP contribution in [0.5, 0.6) is 0 Å². The molecule has 0 radical (unpaired) electrons. The zero-order valence-electron chi connectivity index (χ0n) is 17.1. The molecule has 0 spiro atoms. The summed E-state index contributed by atoms with van der Waals surface area (Å²) in [6.07, 6.45) is 9.36. The summed E-state index contributed by atoms with van der Waals surface area (Å²) in [7, 11) is 0. The van der Waals surface area contributed by atoms with Gasteiger partial charge in [0.2, 0.25) is 0 Å². The quantitative estimate of drug-likeness (QED) is 0.723. The minimum absolute atomic E-state index is 0.0290. The van der Waals surface area contributed by atoms with Gasteiger partial charge in [-0.05, 0) is 37.0 Å². The smallest absolute Gasteiger partial charge is 0.251 e. The highest BCUT2D eigenvalue weighted by Crippen LogP contribution is 2.35. The van der Waals surface area contributed by atoms with Gasteiger partial charge in [-0.1, -0.05) is 49.2 Å². The molecule has 1 aliphatic carbocycles. The highest BCUT2D eigenvalue weighted by Gasteiger charge is 2.48. The molecule has 1 saturated carbocycles. The second-order valence-corrected chi connectivity index (χ2v) is 9.26. The number of carbonyl (C=O) groups is 1. The fourth-order valence-corrected chi connectivity index (χ4v) is 5.79. The lowest BCUT2D eigenvalue weighted by Gasteiger charge is -2.42. The first-order chi connectivity index (χ1) is 14.8. The number of benzene rings is 1. The number of pyridine rings is 1. The SMILES string of the molecule is O=C1C=C(CSc2ccccn2)N(CCc2ccccc2)C2NC3CCCCC3N12. The molecule has 30 heavy (non-hydrogen) atoms. The van der Waals surface area contributed by atoms with Crippen molar-refractivity contribution < 1.29 is 4.79 Å². The highest BCUT2D eigenvalue weighted by molar-refractivity contribution is 7.99. The van der Waals surface area contributed by atoms with Gasteiger partial charge in [-0.25, -0.2) is 4.98 Å². The molecule has 156 valence electrons. The summed E-state index contributed by atoms with van der Waals surface area (Å²) in [4.78, 5) is 22.1. The summed E-state index contributed by atoms with van der Waals surface area (Å²) >= 11 is 1.69. The average Bonchev–Trinajstić information content (AvgIpc) is 3.19. The predicted octanol–water partition coefficient (Wildman–Crippen LogP) is 3.64. The molecule has 3 heterocycles. The standard InChI is InChI=1S/C24H28N4OS/c29-23-16-19(17-30-22-12-6-7-14-25-22)27(15-13-18-8-2-1-3-9-18)24-26-20-10-4-5-11-21(20)28(23)24/h1-3,6-9,12,14,16,20-21,24,26H,4-5,10-11,13,15,17H2. The van der Waals surface area contributed by atoms with Gasteiger partial charge < -0.3 is 9.80 Å². The Bertz CT molecular complexity index is 904. The van der Waals surface area contributed by atoms with Crippen LogP contribution in [0.3, 0.4) is 0 Å². The van der Waals surface area contributed by atoms with Crippen LogP contribution in [0.25, 0.3) is 0 Å². The monoisotopic (exact) mass is 420 g/mol. The first kappa shape index (κ1) is 19.6. The zero-order valence-corrected chi connectivity index (χ0v) is 17.9. The molecule has 2 aromatic rings. The summed E-state index contributed by atoms with van der Waals surface area (Å²) in [5.41, 5.74) is 2.42. The Morgan fingerprint density at radius 2 is 1.90 bits per heavy atom. The predicted molar refractivity (Wildman–Crippen MR) is 120 cm³/mol. The molecule has 6 heteroatoms. The van der Waals surface area contributed by atoms with Crippen LogP contribution in [0.4, 0.5) is 0 Å². The van der Waals surface area contributed by atoms with E-state index in [1.54, 1.807) is 11.8 Å². The molecule has 2 fully saturated rings. The Balaban J connectivity index is 1.38. The van der Waals surface area contributed by atoms with Gasteiger partial charge in [0.15, 0.2) is 6.29 Å². The van der Waals surface area contributed by atoms with Gasteiger partial charge in [0.05, 0.1) is 11.1 Å². The van der Waals surface area contributed by atoms with Crippen molar-refractivity contribution >= 4 is 17.7 Å². The van der Waals surface area contributed by atoms with Gasteiger partial charge in [0.1, 0.15) is 0 Å². The second-order valence-electron chi connectivity index (χ2n) is 8.27. The molecular weight excluding hydrogens is 392 g/mol. The van der Waals surface area contributed by atoms with Crippen LogP contribution in [0.1, 0.15) is 31.2 Å². The summed E-state index contributed by atoms with van der Waals surface area (Å²) < 4.78 is 0. The lowest BCUT2D eigenvalue weighted by atomic mass is 9.91. The molecule has 0 bridgehead atoms. The topological polar surface area (TPSA) is 48.5 Å². The van der Waals surface area contributed by atoms with E-state index in [4.69, 9.17) is 0 Å². The summed E-state index contributed by atoms with van der Waals surface area (Å²) in [6.45, 7) is 0.888. The van der Waals surface area contributed by atoms with E-state index >= 15 is 0 Å². The highest BCUT2D eigenvalue weighted by atomic mass is 32.2. The second kappa shape index (κ2) is 8.82. The number of thioether (sulfide) groups is 1. The number of hydrogen-bond donors (Lipinski definition) is 1. The fourth-order valence-electron chi connectivity index (χ4n) is 4.94. The maximum absolute atomic E-state index is 13.1. The number of nitrogens with one attached hydrogen (secondary N) is 1. The van der Waals surface area contributed by atoms with Crippen LogP contribution in [0.15, 0.2) is 71.5 Å². The lowest BCUT2D eigenvalue weighted by molar-refractivity contribution is -0.134. The van der Waals surface area contributed by atoms with E-state index in [1.807, 2.05) is 30.5 Å². The molecule has 1 N–H and O–H groups in total. The Hall–Kier alpha value is -2.31. The van der Waals surface area contributed by atoms with Crippen LogP contribution in [-0.2, 0) is 11.2 Å². The first-order valence-corrected chi connectivity index (χ1v) is 11.9. The van der Waals surface area contributed by atoms with Crippen molar-refractivity contribution in [1.82, 2.24) is 20.1 Å². The van der Waals surface area contributed by atoms with E-state index in [0.29, 0.717) is 12.1 Å². The number of carbonyl (C=O) groups excluding carboxylic acids is 1. The van der Waals surface area contributed by atoms with E-state index < -0.39 is 0 Å². The Labute approximate surface area is 182 Å². The molecule has 1 saturated heterocycles. The largest absolute Gasteiger partial charge is 0.341 e. The van der Waals surface area contributed by atoms with Crippen molar-refractivity contribution in [3.63, 3.8) is 0 Å². The Kier molecular flexibility index (Phi) is 5.77. The molecule has 3 unspecified atom stereocenters. The average molecular weight is 421 g/mol. The third-order valence-electron chi connectivity index (χ3n) is 6.41. The van der Waals surface area contributed by atoms with Crippen molar-refractivity contribution in [2.24, 2.45) is 0 Å². The molecule has 1 aromatic heterocycles. The Morgan fingerprint density at radius 3 is 2.73 bits per heavy atom. The van der Waals surface area contributed by atoms with E-state index in [2.05, 4.69) is 50.4 Å². The summed E-state index contributed by atoms with van der Waals surface area (Å²) in [5.74, 6) is 0.910. The molecule has 1 aromatic carbocycles. The molecule has 1 amide bonds. The summed E-state index contributed by atoms with van der Waals surface area (Å²) in [6, 6.07) is 17.3. The first-order valence-electron chi connectivity index (χ1n) is 10.9. The number of aromatic nitrogens is 1. The minimum atomic E-state index is -0.0290. The van der Waals surface area contributed by atoms with Gasteiger partial charge in [-0.2, -0.15) is 0 Å². The van der Waals surface area contributed by atoms with Crippen molar-refractivity contribution in [2.45, 2.75) is 55.5 Å². The third kappa shape index (κ3) is 3.98. The number of fused-ring (bicyclic) bond motifs is 3. The van der Waals surface area contributed by atoms with E-state index in [0.717, 1.165) is 42.3 Å². The summed E-state index contributed by atoms with van der Waals surface area (Å²) in [5, 5.41) is 4.80. The van der Waals surface area contributed by atoms with Gasteiger partial charge >= 0.3 is 0 Å². The van der Waals surface area contributed by atoms with Gasteiger partial charge in [-0.15, -0.1) is 11.8 Å². The molecule has 3 atom stereocenters. The molecule has 5 nitrogen and oxygen atoms in total. The maximum atomic E-state index is 13.1. The third-order valence-corrected chi connectivity index (χ3v) is 7.39. The van der Waals surface area contributed by atoms with Crippen LogP contribution >= 0.6 is 11.8 Å². The number of nitrogens with zero attached hydrogens (tertiary/aromatic N) is 3. The van der Waals surface area contributed by atoms with E-state index in [9.17, 15) is 4.79 Å². The minimum Gasteiger partial charge on any atom is -0.341 e. The maximum Gasteiger partial charge on any atom is 0.251 e. The number of amides is 1. The van der Waals surface area contributed by atoms with Crippen LogP contribution < -0.4 is 5.32 Å². The molecule has 2 aliphatic heterocycles. The Morgan fingerprint density at radius 1 is 1.07 bits per heavy atom. The van der Waals surface area contributed by atoms with Crippen LogP contribution in [-0.4, -0.2) is 51.4 Å². The van der Waals surface area contributed by atoms with E-state index in [1.165, 1.54) is 18.4 Å². The van der Waals surface area contributed by atoms with E-state index in [-0.39, 0.29) is 12.2 Å². The van der Waals surface area contributed by atoms with Crippen molar-refractivity contribution in [1.29, 1.82) is 0 Å². The zero-order chi connectivity index (χ0) is 20.3. The number of hydrogen-bond acceptors (Lipinski definition) is 5. The molecular formula is C24H28N4OS. The lowest BCUT2D eigenvalue weighted by Crippen LogP contribution is -2.57. The van der Waals surface area contributed by atoms with Gasteiger partial charge in [-0.3, -0.25) is 10.1 Å². The van der Waals surface area contributed by atoms with Gasteiger partial charge in [0.25, 0.3) is 5.91 Å². The van der Waals surface area contributed by atoms with Crippen LogP contribution in [0, 0.1) is 0 Å². The van der Waals surface area contributed by atoms with Crippen molar-refractivity contribution in [2.75, 3.05) is 12.3 Å². The fraction of sp³-hybridized carbons (Fsp3) is 0.417.